The smallest absolute Gasteiger partial charge is 0.407 e. The first kappa shape index (κ1) is 16.7. The number of H-pyrrole nitrogens is 1. The molecule has 1 fully saturated rings. The minimum atomic E-state index is -0.334. The number of hydrogen-bond donors (Lipinski definition) is 3. The molecule has 3 heterocycles. The molecule has 4 rings (SSSR count). The second-order valence-electron chi connectivity index (χ2n) is 6.74. The third kappa shape index (κ3) is 4.07. The van der Waals surface area contributed by atoms with E-state index in [2.05, 4.69) is 25.8 Å². The average Bonchev–Trinajstić information content (AvgIpc) is 3.27. The highest BCUT2D eigenvalue weighted by atomic mass is 16.6. The molecule has 2 atom stereocenters. The maximum absolute atomic E-state index is 11.9. The van der Waals surface area contributed by atoms with Gasteiger partial charge in [-0.3, -0.25) is 5.10 Å². The first-order valence-corrected chi connectivity index (χ1v) is 9.12. The molecule has 26 heavy (non-hydrogen) atoms. The molecule has 138 valence electrons. The second-order valence-corrected chi connectivity index (χ2v) is 6.74. The van der Waals surface area contributed by atoms with Gasteiger partial charge in [0.05, 0.1) is 6.61 Å². The monoisotopic (exact) mass is 357 g/mol. The highest BCUT2D eigenvalue weighted by molar-refractivity contribution is 5.67. The molecule has 2 aliphatic rings. The van der Waals surface area contributed by atoms with Gasteiger partial charge in [0, 0.05) is 42.2 Å². The number of hydrogen-bond acceptors (Lipinski definition) is 6. The van der Waals surface area contributed by atoms with Crippen LogP contribution in [0.25, 0.3) is 0 Å². The molecule has 8 nitrogen and oxygen atoms in total. The van der Waals surface area contributed by atoms with Crippen molar-refractivity contribution in [3.63, 3.8) is 0 Å². The van der Waals surface area contributed by atoms with Crippen molar-refractivity contribution in [2.75, 3.05) is 18.5 Å². The summed E-state index contributed by atoms with van der Waals surface area (Å²) < 4.78 is 11.2. The molecule has 1 saturated carbocycles. The Kier molecular flexibility index (Phi) is 4.90. The van der Waals surface area contributed by atoms with Crippen LogP contribution in [0.4, 0.5) is 16.3 Å². The number of nitrogens with zero attached hydrogens (tertiary/aromatic N) is 2. The zero-order chi connectivity index (χ0) is 17.8. The van der Waals surface area contributed by atoms with Crippen LogP contribution >= 0.6 is 0 Å². The second kappa shape index (κ2) is 7.63. The van der Waals surface area contributed by atoms with E-state index in [1.165, 1.54) is 0 Å². The fourth-order valence-corrected chi connectivity index (χ4v) is 3.44. The van der Waals surface area contributed by atoms with E-state index >= 15 is 0 Å². The van der Waals surface area contributed by atoms with Crippen LogP contribution in [0.5, 0.6) is 5.88 Å². The number of alkyl carbamates (subject to hydrolysis) is 1. The maximum Gasteiger partial charge on any atom is 0.407 e. The molecule has 3 N–H and O–H groups in total. The van der Waals surface area contributed by atoms with E-state index in [-0.39, 0.29) is 12.2 Å². The number of anilines is 2. The van der Waals surface area contributed by atoms with E-state index in [0.717, 1.165) is 49.3 Å². The lowest BCUT2D eigenvalue weighted by Crippen LogP contribution is -2.29. The molecule has 0 radical (unpaired) electrons. The molecule has 1 aliphatic heterocycles. The number of pyridine rings is 1. The van der Waals surface area contributed by atoms with Gasteiger partial charge in [0.15, 0.2) is 5.82 Å². The predicted octanol–water partition coefficient (Wildman–Crippen LogP) is 3.08. The van der Waals surface area contributed by atoms with E-state index in [0.29, 0.717) is 24.9 Å². The van der Waals surface area contributed by atoms with Crippen molar-refractivity contribution >= 4 is 17.6 Å². The van der Waals surface area contributed by atoms with E-state index < -0.39 is 0 Å². The van der Waals surface area contributed by atoms with Gasteiger partial charge in [-0.2, -0.15) is 5.10 Å². The zero-order valence-corrected chi connectivity index (χ0v) is 14.5. The van der Waals surface area contributed by atoms with Gasteiger partial charge < -0.3 is 20.1 Å². The number of rotatable bonds is 0. The van der Waals surface area contributed by atoms with Crippen LogP contribution in [0, 0.1) is 0 Å². The zero-order valence-electron chi connectivity index (χ0n) is 14.5. The van der Waals surface area contributed by atoms with Crippen molar-refractivity contribution in [1.29, 1.82) is 0 Å². The van der Waals surface area contributed by atoms with Crippen LogP contribution < -0.4 is 15.4 Å². The molecule has 0 spiro atoms. The number of carbonyl (C=O) groups is 1. The summed E-state index contributed by atoms with van der Waals surface area (Å²) in [4.78, 5) is 16.1. The topological polar surface area (TPSA) is 101 Å². The summed E-state index contributed by atoms with van der Waals surface area (Å²) in [6.45, 7) is 1.13. The molecule has 2 aromatic heterocycles. The Hall–Kier alpha value is -2.77. The van der Waals surface area contributed by atoms with Gasteiger partial charge >= 0.3 is 6.09 Å². The molecule has 8 heteroatoms. The van der Waals surface area contributed by atoms with Gasteiger partial charge in [0.25, 0.3) is 0 Å². The van der Waals surface area contributed by atoms with Gasteiger partial charge in [0.1, 0.15) is 6.10 Å². The van der Waals surface area contributed by atoms with Crippen LogP contribution in [0.3, 0.4) is 0 Å². The van der Waals surface area contributed by atoms with Gasteiger partial charge in [-0.25, -0.2) is 9.78 Å². The Morgan fingerprint density at radius 3 is 3.12 bits per heavy atom. The molecular weight excluding hydrogens is 334 g/mol. The first-order valence-electron chi connectivity index (χ1n) is 9.12. The maximum atomic E-state index is 11.9. The molecule has 0 aromatic carbocycles. The Balaban J connectivity index is 1.51. The Morgan fingerprint density at radius 1 is 1.19 bits per heavy atom. The van der Waals surface area contributed by atoms with E-state index in [4.69, 9.17) is 9.47 Å². The normalized spacial score (nSPS) is 23.6. The summed E-state index contributed by atoms with van der Waals surface area (Å²) in [6, 6.07) is 5.75. The number of carbonyl (C=O) groups excluding carboxylic acids is 1. The van der Waals surface area contributed by atoms with Crippen molar-refractivity contribution in [2.24, 2.45) is 0 Å². The molecule has 1 amide bonds. The van der Waals surface area contributed by atoms with E-state index in [9.17, 15) is 4.79 Å². The largest absolute Gasteiger partial charge is 0.478 e. The van der Waals surface area contributed by atoms with Gasteiger partial charge in [-0.15, -0.1) is 0 Å². The van der Waals surface area contributed by atoms with Gasteiger partial charge in [-0.1, -0.05) is 0 Å². The summed E-state index contributed by atoms with van der Waals surface area (Å²) >= 11 is 0. The lowest BCUT2D eigenvalue weighted by Gasteiger charge is -2.13. The molecule has 0 unspecified atom stereocenters. The Labute approximate surface area is 151 Å². The van der Waals surface area contributed by atoms with Gasteiger partial charge in [-0.05, 0) is 38.2 Å². The third-order valence-corrected chi connectivity index (χ3v) is 4.79. The van der Waals surface area contributed by atoms with Crippen LogP contribution in [0.1, 0.15) is 43.7 Å². The number of aromatic amines is 1. The summed E-state index contributed by atoms with van der Waals surface area (Å²) in [5, 5.41) is 13.5. The highest BCUT2D eigenvalue weighted by Crippen LogP contribution is 2.36. The van der Waals surface area contributed by atoms with Crippen molar-refractivity contribution in [3.8, 4) is 5.88 Å². The van der Waals surface area contributed by atoms with Crippen LogP contribution in [-0.2, 0) is 4.74 Å². The number of aromatic nitrogens is 3. The number of fused-ring (bicyclic) bond motifs is 7. The molecule has 0 saturated heterocycles. The number of ether oxygens (including phenoxy) is 2. The van der Waals surface area contributed by atoms with Crippen LogP contribution in [-0.4, -0.2) is 40.5 Å². The minimum absolute atomic E-state index is 0.0373. The highest BCUT2D eigenvalue weighted by Gasteiger charge is 2.29. The average molecular weight is 357 g/mol. The van der Waals surface area contributed by atoms with Crippen molar-refractivity contribution < 1.29 is 14.3 Å². The van der Waals surface area contributed by atoms with E-state index in [1.54, 1.807) is 6.20 Å². The molecular formula is C18H23N5O3. The summed E-state index contributed by atoms with van der Waals surface area (Å²) in [5.74, 6) is 1.64. The Morgan fingerprint density at radius 2 is 2.15 bits per heavy atom. The molecule has 1 aliphatic carbocycles. The third-order valence-electron chi connectivity index (χ3n) is 4.79. The van der Waals surface area contributed by atoms with Crippen LogP contribution in [0.15, 0.2) is 24.4 Å². The number of nitrogens with one attached hydrogen (secondary N) is 3. The van der Waals surface area contributed by atoms with E-state index in [1.807, 2.05) is 18.2 Å². The van der Waals surface area contributed by atoms with Crippen LogP contribution in [0.2, 0.25) is 0 Å². The summed E-state index contributed by atoms with van der Waals surface area (Å²) in [6.07, 6.45) is 5.67. The predicted molar refractivity (Wildman–Crippen MR) is 95.7 cm³/mol. The SMILES string of the molecule is O=C1NCCCCOc2cc(ccn2)Nc2cc([nH]n2)[C@H]2CC[C@H](C2)O1. The number of amides is 1. The lowest BCUT2D eigenvalue weighted by atomic mass is 10.0. The first-order chi connectivity index (χ1) is 12.8. The Bertz CT molecular complexity index is 763. The van der Waals surface area contributed by atoms with Gasteiger partial charge in [0.2, 0.25) is 5.88 Å². The molecule has 6 bridgehead atoms. The lowest BCUT2D eigenvalue weighted by molar-refractivity contribution is 0.0999. The van der Waals surface area contributed by atoms with Crippen molar-refractivity contribution in [3.05, 3.63) is 30.1 Å². The van der Waals surface area contributed by atoms with Crippen molar-refractivity contribution in [2.45, 2.75) is 44.1 Å². The quantitative estimate of drug-likeness (QED) is 0.670. The summed E-state index contributed by atoms with van der Waals surface area (Å²) in [7, 11) is 0. The van der Waals surface area contributed by atoms with Crippen molar-refractivity contribution in [1.82, 2.24) is 20.5 Å². The fraction of sp³-hybridized carbons (Fsp3) is 0.500. The fourth-order valence-electron chi connectivity index (χ4n) is 3.44. The molecule has 2 aromatic rings. The minimum Gasteiger partial charge on any atom is -0.478 e. The standard InChI is InChI=1S/C18H23N5O3/c24-18-20-6-1-2-8-25-17-10-13(5-7-19-17)21-16-11-15(22-23-16)12-3-4-14(9-12)26-18/h5,7,10-12,14H,1-4,6,8-9H2,(H,20,24)(H2,21,22,23)/t12-,14+/m0/s1. The summed E-state index contributed by atoms with van der Waals surface area (Å²) in [5.41, 5.74) is 1.94.